The molecule has 3 aromatic rings. The van der Waals surface area contributed by atoms with Crippen LogP contribution in [-0.2, 0) is 0 Å². The summed E-state index contributed by atoms with van der Waals surface area (Å²) >= 11 is 0. The monoisotopic (exact) mass is 360 g/mol. The van der Waals surface area contributed by atoms with Gasteiger partial charge in [0.05, 0.1) is 18.4 Å². The quantitative estimate of drug-likeness (QED) is 0.501. The van der Waals surface area contributed by atoms with Gasteiger partial charge in [0.2, 0.25) is 5.88 Å². The predicted octanol–water partition coefficient (Wildman–Crippen LogP) is 3.12. The van der Waals surface area contributed by atoms with Gasteiger partial charge >= 0.3 is 0 Å². The maximum Gasteiger partial charge on any atom is 0.227 e. The van der Waals surface area contributed by atoms with Crippen molar-refractivity contribution in [2.75, 3.05) is 18.6 Å². The number of nitrogens with two attached hydrogens (primary N) is 2. The first-order chi connectivity index (χ1) is 13.0. The SMILES string of the molecule is COc1ccc([C@@H]2c3ccc(O)cc3Oc3nc(N)c(C#N)c(N)c32)cc1. The van der Waals surface area contributed by atoms with E-state index in [9.17, 15) is 10.4 Å². The molecule has 2 heterocycles. The van der Waals surface area contributed by atoms with E-state index >= 15 is 0 Å². The Hall–Kier alpha value is -3.92. The molecule has 0 aliphatic carbocycles. The summed E-state index contributed by atoms with van der Waals surface area (Å²) in [5.41, 5.74) is 14.8. The second-order valence-corrected chi connectivity index (χ2v) is 6.15. The molecule has 0 unspecified atom stereocenters. The van der Waals surface area contributed by atoms with Crippen molar-refractivity contribution in [1.29, 1.82) is 5.26 Å². The van der Waals surface area contributed by atoms with Gasteiger partial charge in [0.25, 0.3) is 0 Å². The van der Waals surface area contributed by atoms with Gasteiger partial charge in [0.1, 0.15) is 34.7 Å². The molecule has 7 heteroatoms. The number of ether oxygens (including phenoxy) is 2. The molecule has 134 valence electrons. The fourth-order valence-corrected chi connectivity index (χ4v) is 3.34. The summed E-state index contributed by atoms with van der Waals surface area (Å²) in [5.74, 6) is 1.14. The van der Waals surface area contributed by atoms with Crippen molar-refractivity contribution in [3.63, 3.8) is 0 Å². The number of phenolic OH excluding ortho intramolecular Hbond substituents is 1. The topological polar surface area (TPSA) is 127 Å². The first-order valence-corrected chi connectivity index (χ1v) is 8.17. The third kappa shape index (κ3) is 2.55. The molecule has 5 N–H and O–H groups in total. The minimum atomic E-state index is -0.338. The summed E-state index contributed by atoms with van der Waals surface area (Å²) in [6.07, 6.45) is 0. The summed E-state index contributed by atoms with van der Waals surface area (Å²) in [7, 11) is 1.60. The number of aromatic hydroxyl groups is 1. The molecule has 0 saturated heterocycles. The maximum atomic E-state index is 9.84. The third-order valence-electron chi connectivity index (χ3n) is 4.63. The van der Waals surface area contributed by atoms with Crippen LogP contribution in [-0.4, -0.2) is 17.2 Å². The van der Waals surface area contributed by atoms with E-state index in [1.807, 2.05) is 30.3 Å². The van der Waals surface area contributed by atoms with Crippen molar-refractivity contribution in [3.8, 4) is 29.2 Å². The second-order valence-electron chi connectivity index (χ2n) is 6.15. The number of rotatable bonds is 2. The zero-order valence-corrected chi connectivity index (χ0v) is 14.4. The van der Waals surface area contributed by atoms with Crippen LogP contribution in [0.15, 0.2) is 42.5 Å². The van der Waals surface area contributed by atoms with Gasteiger partial charge in [-0.3, -0.25) is 0 Å². The van der Waals surface area contributed by atoms with Crippen LogP contribution in [0, 0.1) is 11.3 Å². The van der Waals surface area contributed by atoms with E-state index < -0.39 is 0 Å². The van der Waals surface area contributed by atoms with Gasteiger partial charge in [-0.2, -0.15) is 10.2 Å². The number of hydrogen-bond acceptors (Lipinski definition) is 7. The van der Waals surface area contributed by atoms with Gasteiger partial charge in [0.15, 0.2) is 0 Å². The van der Waals surface area contributed by atoms with E-state index in [0.717, 1.165) is 16.9 Å². The smallest absolute Gasteiger partial charge is 0.227 e. The van der Waals surface area contributed by atoms with E-state index in [-0.39, 0.29) is 34.6 Å². The standard InChI is InChI=1S/C20H16N4O3/c1-26-12-5-2-10(3-6-12)16-13-7-4-11(25)8-15(13)27-20-17(16)18(22)14(9-21)19(23)24-20/h2-8,16,25H,1H3,(H4,22,23,24)/t16-/m1/s1. The Morgan fingerprint density at radius 2 is 1.93 bits per heavy atom. The number of hydrogen-bond donors (Lipinski definition) is 3. The molecule has 1 aliphatic rings. The number of anilines is 2. The Bertz CT molecular complexity index is 1090. The van der Waals surface area contributed by atoms with Crippen LogP contribution in [0.2, 0.25) is 0 Å². The molecule has 7 nitrogen and oxygen atoms in total. The van der Waals surface area contributed by atoms with Crippen LogP contribution in [0.1, 0.15) is 28.2 Å². The lowest BCUT2D eigenvalue weighted by molar-refractivity contribution is 0.414. The van der Waals surface area contributed by atoms with Crippen LogP contribution in [0.5, 0.6) is 23.1 Å². The van der Waals surface area contributed by atoms with E-state index in [1.54, 1.807) is 19.2 Å². The van der Waals surface area contributed by atoms with E-state index in [1.165, 1.54) is 6.07 Å². The van der Waals surface area contributed by atoms with Gasteiger partial charge < -0.3 is 26.0 Å². The van der Waals surface area contributed by atoms with Gasteiger partial charge in [-0.15, -0.1) is 0 Å². The molecule has 0 fully saturated rings. The number of pyridine rings is 1. The molecule has 2 aromatic carbocycles. The molecule has 1 aliphatic heterocycles. The van der Waals surface area contributed by atoms with Crippen molar-refractivity contribution >= 4 is 11.5 Å². The number of nitriles is 1. The summed E-state index contributed by atoms with van der Waals surface area (Å²) < 4.78 is 11.1. The van der Waals surface area contributed by atoms with Gasteiger partial charge in [-0.25, -0.2) is 0 Å². The Kier molecular flexibility index (Phi) is 3.74. The molecule has 0 bridgehead atoms. The fourth-order valence-electron chi connectivity index (χ4n) is 3.34. The normalized spacial score (nSPS) is 14.4. The molecular weight excluding hydrogens is 344 g/mol. The number of nitrogen functional groups attached to an aromatic ring is 2. The Labute approximate surface area is 155 Å². The number of fused-ring (bicyclic) bond motifs is 2. The zero-order valence-electron chi connectivity index (χ0n) is 14.4. The van der Waals surface area contributed by atoms with Crippen LogP contribution >= 0.6 is 0 Å². The van der Waals surface area contributed by atoms with Gasteiger partial charge in [-0.1, -0.05) is 18.2 Å². The summed E-state index contributed by atoms with van der Waals surface area (Å²) in [6.45, 7) is 0. The minimum absolute atomic E-state index is 0.00540. The van der Waals surface area contributed by atoms with Crippen LogP contribution < -0.4 is 20.9 Å². The maximum absolute atomic E-state index is 9.84. The lowest BCUT2D eigenvalue weighted by Crippen LogP contribution is -2.17. The number of methoxy groups -OCH3 is 1. The fraction of sp³-hybridized carbons (Fsp3) is 0.100. The highest BCUT2D eigenvalue weighted by molar-refractivity contribution is 5.75. The largest absolute Gasteiger partial charge is 0.508 e. The van der Waals surface area contributed by atoms with Crippen LogP contribution in [0.4, 0.5) is 11.5 Å². The summed E-state index contributed by atoms with van der Waals surface area (Å²) in [6, 6.07) is 14.4. The van der Waals surface area contributed by atoms with Crippen molar-refractivity contribution in [2.24, 2.45) is 0 Å². The molecule has 1 atom stereocenters. The highest BCUT2D eigenvalue weighted by atomic mass is 16.5. The van der Waals surface area contributed by atoms with E-state index in [2.05, 4.69) is 4.98 Å². The second kappa shape index (κ2) is 6.11. The minimum Gasteiger partial charge on any atom is -0.508 e. The van der Waals surface area contributed by atoms with Crippen molar-refractivity contribution in [2.45, 2.75) is 5.92 Å². The van der Waals surface area contributed by atoms with Crippen molar-refractivity contribution in [1.82, 2.24) is 4.98 Å². The van der Waals surface area contributed by atoms with E-state index in [4.69, 9.17) is 20.9 Å². The van der Waals surface area contributed by atoms with Gasteiger partial charge in [-0.05, 0) is 23.8 Å². The average molecular weight is 360 g/mol. The average Bonchev–Trinajstić information content (AvgIpc) is 2.66. The lowest BCUT2D eigenvalue weighted by Gasteiger charge is -2.29. The molecule has 1 aromatic heterocycles. The van der Waals surface area contributed by atoms with Crippen LogP contribution in [0.3, 0.4) is 0 Å². The molecular formula is C20H16N4O3. The molecule has 0 radical (unpaired) electrons. The lowest BCUT2D eigenvalue weighted by atomic mass is 9.82. The van der Waals surface area contributed by atoms with Crippen LogP contribution in [0.25, 0.3) is 0 Å². The zero-order chi connectivity index (χ0) is 19.1. The van der Waals surface area contributed by atoms with Crippen molar-refractivity contribution < 1.29 is 14.6 Å². The molecule has 4 rings (SSSR count). The Morgan fingerprint density at radius 3 is 2.59 bits per heavy atom. The summed E-state index contributed by atoms with van der Waals surface area (Å²) in [5, 5.41) is 19.3. The number of phenols is 1. The first kappa shape index (κ1) is 16.5. The Balaban J connectivity index is 2.00. The predicted molar refractivity (Wildman–Crippen MR) is 99.9 cm³/mol. The number of benzene rings is 2. The Morgan fingerprint density at radius 1 is 1.19 bits per heavy atom. The van der Waals surface area contributed by atoms with Crippen molar-refractivity contribution in [3.05, 3.63) is 64.7 Å². The molecule has 0 amide bonds. The first-order valence-electron chi connectivity index (χ1n) is 8.17. The number of aromatic nitrogens is 1. The third-order valence-corrected chi connectivity index (χ3v) is 4.63. The molecule has 0 spiro atoms. The summed E-state index contributed by atoms with van der Waals surface area (Å²) in [4.78, 5) is 4.23. The van der Waals surface area contributed by atoms with Gasteiger partial charge in [0, 0.05) is 17.5 Å². The molecule has 0 saturated carbocycles. The highest BCUT2D eigenvalue weighted by Gasteiger charge is 2.34. The number of nitrogens with zero attached hydrogens (tertiary/aromatic N) is 2. The highest BCUT2D eigenvalue weighted by Crippen LogP contribution is 2.50. The molecule has 27 heavy (non-hydrogen) atoms. The van der Waals surface area contributed by atoms with E-state index in [0.29, 0.717) is 11.3 Å².